The number of anilines is 1. The summed E-state index contributed by atoms with van der Waals surface area (Å²) in [6.45, 7) is 0.580. The van der Waals surface area contributed by atoms with Gasteiger partial charge in [-0.1, -0.05) is 11.6 Å². The molecular weight excluding hydrogens is 242 g/mol. The van der Waals surface area contributed by atoms with Gasteiger partial charge in [0.25, 0.3) is 0 Å². The molecule has 17 heavy (non-hydrogen) atoms. The van der Waals surface area contributed by atoms with Crippen LogP contribution < -0.4 is 10.1 Å². The quantitative estimate of drug-likeness (QED) is 0.894. The lowest BCUT2D eigenvalue weighted by Crippen LogP contribution is -2.07. The second kappa shape index (κ2) is 5.01. The first kappa shape index (κ1) is 11.7. The third-order valence-electron chi connectivity index (χ3n) is 2.26. The number of nitrogens with one attached hydrogen (secondary N) is 1. The minimum Gasteiger partial charge on any atom is -0.467 e. The van der Waals surface area contributed by atoms with Crippen LogP contribution in [0.15, 0.2) is 18.5 Å². The number of halogens is 1. The third kappa shape index (κ3) is 2.65. The second-order valence-electron chi connectivity index (χ2n) is 3.35. The van der Waals surface area contributed by atoms with E-state index in [1.54, 1.807) is 10.9 Å². The van der Waals surface area contributed by atoms with Crippen LogP contribution in [-0.4, -0.2) is 26.9 Å². The molecule has 1 N–H and O–H groups in total. The van der Waals surface area contributed by atoms with Crippen LogP contribution in [0.3, 0.4) is 0 Å². The molecule has 0 saturated carbocycles. The molecule has 2 aromatic rings. The lowest BCUT2D eigenvalue weighted by Gasteiger charge is -2.08. The Kier molecular flexibility index (Phi) is 3.43. The Balaban J connectivity index is 2.11. The van der Waals surface area contributed by atoms with Crippen molar-refractivity contribution >= 4 is 17.4 Å². The SMILES string of the molecule is COc1ncc(Cl)c(NCc2ccnn2C)n1. The van der Waals surface area contributed by atoms with E-state index < -0.39 is 0 Å². The summed E-state index contributed by atoms with van der Waals surface area (Å²) in [5.74, 6) is 0.541. The van der Waals surface area contributed by atoms with Gasteiger partial charge in [0, 0.05) is 13.2 Å². The molecule has 2 heterocycles. The lowest BCUT2D eigenvalue weighted by molar-refractivity contribution is 0.380. The van der Waals surface area contributed by atoms with Gasteiger partial charge in [-0.2, -0.15) is 10.1 Å². The molecular formula is C10H12ClN5O. The summed E-state index contributed by atoms with van der Waals surface area (Å²) in [5.41, 5.74) is 1.03. The molecule has 7 heteroatoms. The van der Waals surface area contributed by atoms with Crippen LogP contribution in [0, 0.1) is 0 Å². The van der Waals surface area contributed by atoms with Crippen molar-refractivity contribution in [2.24, 2.45) is 7.05 Å². The van der Waals surface area contributed by atoms with Crippen LogP contribution in [0.1, 0.15) is 5.69 Å². The molecule has 0 fully saturated rings. The fourth-order valence-corrected chi connectivity index (χ4v) is 1.48. The van der Waals surface area contributed by atoms with Gasteiger partial charge < -0.3 is 10.1 Å². The molecule has 2 aromatic heterocycles. The Morgan fingerprint density at radius 1 is 1.53 bits per heavy atom. The smallest absolute Gasteiger partial charge is 0.318 e. The largest absolute Gasteiger partial charge is 0.467 e. The molecule has 0 aliphatic heterocycles. The highest BCUT2D eigenvalue weighted by Crippen LogP contribution is 2.20. The van der Waals surface area contributed by atoms with Gasteiger partial charge in [0.2, 0.25) is 0 Å². The molecule has 0 saturated heterocycles. The molecule has 0 radical (unpaired) electrons. The summed E-state index contributed by atoms with van der Waals surface area (Å²) in [6.07, 6.45) is 3.23. The van der Waals surface area contributed by atoms with Crippen molar-refractivity contribution in [1.29, 1.82) is 0 Å². The molecule has 0 aliphatic carbocycles. The lowest BCUT2D eigenvalue weighted by atomic mass is 10.4. The van der Waals surface area contributed by atoms with E-state index >= 15 is 0 Å². The summed E-state index contributed by atoms with van der Waals surface area (Å²) in [7, 11) is 3.38. The normalized spacial score (nSPS) is 10.3. The van der Waals surface area contributed by atoms with Crippen LogP contribution >= 0.6 is 11.6 Å². The maximum atomic E-state index is 5.97. The number of rotatable bonds is 4. The van der Waals surface area contributed by atoms with Gasteiger partial charge in [0.15, 0.2) is 5.82 Å². The van der Waals surface area contributed by atoms with Crippen molar-refractivity contribution in [3.05, 3.63) is 29.2 Å². The monoisotopic (exact) mass is 253 g/mol. The molecule has 0 amide bonds. The molecule has 0 bridgehead atoms. The van der Waals surface area contributed by atoms with E-state index in [2.05, 4.69) is 20.4 Å². The summed E-state index contributed by atoms with van der Waals surface area (Å²) in [5, 5.41) is 7.63. The topological polar surface area (TPSA) is 64.9 Å². The van der Waals surface area contributed by atoms with Gasteiger partial charge in [0.1, 0.15) is 5.02 Å². The predicted molar refractivity (Wildman–Crippen MR) is 64.1 cm³/mol. The zero-order chi connectivity index (χ0) is 12.3. The van der Waals surface area contributed by atoms with E-state index in [4.69, 9.17) is 16.3 Å². The van der Waals surface area contributed by atoms with Crippen molar-refractivity contribution < 1.29 is 4.74 Å². The number of ether oxygens (including phenoxy) is 1. The average molecular weight is 254 g/mol. The fraction of sp³-hybridized carbons (Fsp3) is 0.300. The standard InChI is InChI=1S/C10H12ClN5O/c1-16-7(3-4-14-16)5-12-9-8(11)6-13-10(15-9)17-2/h3-4,6H,5H2,1-2H3,(H,12,13,15). The van der Waals surface area contributed by atoms with Crippen molar-refractivity contribution in [3.8, 4) is 6.01 Å². The van der Waals surface area contributed by atoms with Gasteiger partial charge in [0.05, 0.1) is 25.5 Å². The van der Waals surface area contributed by atoms with Gasteiger partial charge in [-0.25, -0.2) is 4.98 Å². The Bertz CT molecular complexity index is 513. The number of nitrogens with zero attached hydrogens (tertiary/aromatic N) is 4. The maximum Gasteiger partial charge on any atom is 0.318 e. The first-order chi connectivity index (χ1) is 8.20. The van der Waals surface area contributed by atoms with Crippen LogP contribution in [0.4, 0.5) is 5.82 Å². The first-order valence-corrected chi connectivity index (χ1v) is 5.36. The van der Waals surface area contributed by atoms with E-state index in [9.17, 15) is 0 Å². The van der Waals surface area contributed by atoms with Crippen LogP contribution in [-0.2, 0) is 13.6 Å². The Labute approximate surface area is 104 Å². The van der Waals surface area contributed by atoms with Gasteiger partial charge >= 0.3 is 6.01 Å². The van der Waals surface area contributed by atoms with Gasteiger partial charge in [-0.05, 0) is 6.07 Å². The summed E-state index contributed by atoms with van der Waals surface area (Å²) >= 11 is 5.97. The van der Waals surface area contributed by atoms with Crippen molar-refractivity contribution in [1.82, 2.24) is 19.7 Å². The zero-order valence-corrected chi connectivity index (χ0v) is 10.3. The van der Waals surface area contributed by atoms with E-state index in [0.717, 1.165) is 5.69 Å². The summed E-state index contributed by atoms with van der Waals surface area (Å²) < 4.78 is 6.71. The van der Waals surface area contributed by atoms with Gasteiger partial charge in [-0.3, -0.25) is 4.68 Å². The third-order valence-corrected chi connectivity index (χ3v) is 2.54. The summed E-state index contributed by atoms with van der Waals surface area (Å²) in [4.78, 5) is 8.01. The van der Waals surface area contributed by atoms with Crippen molar-refractivity contribution in [3.63, 3.8) is 0 Å². The van der Waals surface area contributed by atoms with Crippen molar-refractivity contribution in [2.75, 3.05) is 12.4 Å². The van der Waals surface area contributed by atoms with E-state index in [1.165, 1.54) is 13.3 Å². The number of hydrogen-bond acceptors (Lipinski definition) is 5. The Morgan fingerprint density at radius 2 is 2.35 bits per heavy atom. The fourth-order valence-electron chi connectivity index (χ4n) is 1.32. The number of methoxy groups -OCH3 is 1. The molecule has 0 atom stereocenters. The zero-order valence-electron chi connectivity index (χ0n) is 9.51. The highest BCUT2D eigenvalue weighted by atomic mass is 35.5. The molecule has 90 valence electrons. The van der Waals surface area contributed by atoms with Crippen LogP contribution in [0.5, 0.6) is 6.01 Å². The minimum atomic E-state index is 0.280. The number of aromatic nitrogens is 4. The summed E-state index contributed by atoms with van der Waals surface area (Å²) in [6, 6.07) is 2.20. The van der Waals surface area contributed by atoms with Crippen LogP contribution in [0.2, 0.25) is 5.02 Å². The van der Waals surface area contributed by atoms with E-state index in [0.29, 0.717) is 17.4 Å². The van der Waals surface area contributed by atoms with Crippen LogP contribution in [0.25, 0.3) is 0 Å². The molecule has 2 rings (SSSR count). The van der Waals surface area contributed by atoms with Crippen molar-refractivity contribution in [2.45, 2.75) is 6.54 Å². The van der Waals surface area contributed by atoms with Gasteiger partial charge in [-0.15, -0.1) is 0 Å². The van der Waals surface area contributed by atoms with E-state index in [-0.39, 0.29) is 6.01 Å². The maximum absolute atomic E-state index is 5.97. The number of aryl methyl sites for hydroxylation is 1. The highest BCUT2D eigenvalue weighted by Gasteiger charge is 2.06. The highest BCUT2D eigenvalue weighted by molar-refractivity contribution is 6.32. The number of hydrogen-bond donors (Lipinski definition) is 1. The second-order valence-corrected chi connectivity index (χ2v) is 3.76. The molecule has 6 nitrogen and oxygen atoms in total. The average Bonchev–Trinajstić information content (AvgIpc) is 2.74. The first-order valence-electron chi connectivity index (χ1n) is 4.98. The molecule has 0 aliphatic rings. The van der Waals surface area contributed by atoms with E-state index in [1.807, 2.05) is 13.1 Å². The predicted octanol–water partition coefficient (Wildman–Crippen LogP) is 1.48. The molecule has 0 spiro atoms. The minimum absolute atomic E-state index is 0.280. The Morgan fingerprint density at radius 3 is 3.00 bits per heavy atom. The molecule has 0 aromatic carbocycles. The Hall–Kier alpha value is -1.82. The molecule has 0 unspecified atom stereocenters.